The molecule has 122 valence electrons. The molecule has 0 aliphatic heterocycles. The summed E-state index contributed by atoms with van der Waals surface area (Å²) in [6.45, 7) is 11.2. The summed E-state index contributed by atoms with van der Waals surface area (Å²) in [5.41, 5.74) is 0. The highest BCUT2D eigenvalue weighted by Crippen LogP contribution is 1.91. The predicted octanol–water partition coefficient (Wildman–Crippen LogP) is 1.71. The fourth-order valence-electron chi connectivity index (χ4n) is 1.53. The van der Waals surface area contributed by atoms with Crippen LogP contribution in [-0.2, 0) is 18.9 Å². The van der Waals surface area contributed by atoms with Crippen molar-refractivity contribution in [2.75, 3.05) is 66.4 Å². The molecular formula is C15H33NO4. The third-order valence-electron chi connectivity index (χ3n) is 2.62. The Hall–Kier alpha value is -0.200. The van der Waals surface area contributed by atoms with Crippen molar-refractivity contribution in [3.63, 3.8) is 0 Å². The first-order chi connectivity index (χ1) is 9.77. The van der Waals surface area contributed by atoms with E-state index < -0.39 is 0 Å². The normalized spacial score (nSPS) is 11.4. The quantitative estimate of drug-likeness (QED) is 0.439. The van der Waals surface area contributed by atoms with E-state index in [-0.39, 0.29) is 0 Å². The van der Waals surface area contributed by atoms with E-state index in [9.17, 15) is 0 Å². The molecule has 0 aromatic carbocycles. The molecular weight excluding hydrogens is 258 g/mol. The van der Waals surface area contributed by atoms with Gasteiger partial charge in [-0.1, -0.05) is 13.8 Å². The number of hydrogen-bond acceptors (Lipinski definition) is 5. The molecule has 0 rings (SSSR count). The van der Waals surface area contributed by atoms with Gasteiger partial charge in [0.05, 0.1) is 39.6 Å². The SMILES string of the molecule is COCCOCCOCCOCCCCNCC(C)C. The topological polar surface area (TPSA) is 49.0 Å². The second-order valence-corrected chi connectivity index (χ2v) is 5.13. The molecule has 5 heteroatoms. The highest BCUT2D eigenvalue weighted by molar-refractivity contribution is 4.51. The maximum atomic E-state index is 5.49. The van der Waals surface area contributed by atoms with E-state index >= 15 is 0 Å². The van der Waals surface area contributed by atoms with Gasteiger partial charge in [-0.3, -0.25) is 0 Å². The molecule has 0 amide bonds. The Labute approximate surface area is 124 Å². The molecule has 0 aromatic heterocycles. The molecule has 20 heavy (non-hydrogen) atoms. The van der Waals surface area contributed by atoms with E-state index in [1.807, 2.05) is 0 Å². The van der Waals surface area contributed by atoms with Gasteiger partial charge in [-0.2, -0.15) is 0 Å². The molecule has 0 aliphatic rings. The molecule has 0 radical (unpaired) electrons. The lowest BCUT2D eigenvalue weighted by atomic mass is 10.2. The molecule has 5 nitrogen and oxygen atoms in total. The maximum Gasteiger partial charge on any atom is 0.0701 e. The first-order valence-electron chi connectivity index (χ1n) is 7.70. The van der Waals surface area contributed by atoms with Gasteiger partial charge in [-0.05, 0) is 31.8 Å². The van der Waals surface area contributed by atoms with Crippen molar-refractivity contribution >= 4 is 0 Å². The third-order valence-corrected chi connectivity index (χ3v) is 2.62. The van der Waals surface area contributed by atoms with Crippen LogP contribution < -0.4 is 5.32 Å². The van der Waals surface area contributed by atoms with Gasteiger partial charge in [0.25, 0.3) is 0 Å². The maximum absolute atomic E-state index is 5.49. The van der Waals surface area contributed by atoms with Crippen LogP contribution in [0.15, 0.2) is 0 Å². The van der Waals surface area contributed by atoms with Gasteiger partial charge in [-0.25, -0.2) is 0 Å². The zero-order valence-electron chi connectivity index (χ0n) is 13.5. The summed E-state index contributed by atoms with van der Waals surface area (Å²) in [4.78, 5) is 0. The summed E-state index contributed by atoms with van der Waals surface area (Å²) in [7, 11) is 1.66. The van der Waals surface area contributed by atoms with E-state index in [0.29, 0.717) is 39.6 Å². The minimum absolute atomic E-state index is 0.616. The molecule has 0 bridgehead atoms. The highest BCUT2D eigenvalue weighted by atomic mass is 16.6. The second kappa shape index (κ2) is 16.9. The smallest absolute Gasteiger partial charge is 0.0701 e. The van der Waals surface area contributed by atoms with E-state index in [1.165, 1.54) is 6.42 Å². The lowest BCUT2D eigenvalue weighted by molar-refractivity contribution is 0.00329. The van der Waals surface area contributed by atoms with Crippen LogP contribution in [0.3, 0.4) is 0 Å². The van der Waals surface area contributed by atoms with Gasteiger partial charge in [0.1, 0.15) is 0 Å². The van der Waals surface area contributed by atoms with Gasteiger partial charge < -0.3 is 24.3 Å². The predicted molar refractivity (Wildman–Crippen MR) is 81.3 cm³/mol. The molecule has 0 heterocycles. The molecule has 0 aromatic rings. The number of rotatable bonds is 16. The third kappa shape index (κ3) is 17.8. The second-order valence-electron chi connectivity index (χ2n) is 5.13. The van der Waals surface area contributed by atoms with Gasteiger partial charge in [0.15, 0.2) is 0 Å². The fourth-order valence-corrected chi connectivity index (χ4v) is 1.53. The molecule has 0 spiro atoms. The minimum atomic E-state index is 0.616. The van der Waals surface area contributed by atoms with Gasteiger partial charge in [-0.15, -0.1) is 0 Å². The van der Waals surface area contributed by atoms with Crippen molar-refractivity contribution < 1.29 is 18.9 Å². The van der Waals surface area contributed by atoms with Crippen LogP contribution in [0.25, 0.3) is 0 Å². The zero-order chi connectivity index (χ0) is 14.9. The van der Waals surface area contributed by atoms with E-state index in [4.69, 9.17) is 18.9 Å². The average Bonchev–Trinajstić information content (AvgIpc) is 2.43. The van der Waals surface area contributed by atoms with Crippen molar-refractivity contribution in [2.24, 2.45) is 5.92 Å². The van der Waals surface area contributed by atoms with Gasteiger partial charge >= 0.3 is 0 Å². The van der Waals surface area contributed by atoms with Crippen LogP contribution in [0, 0.1) is 5.92 Å². The average molecular weight is 291 g/mol. The van der Waals surface area contributed by atoms with Crippen LogP contribution in [0.4, 0.5) is 0 Å². The van der Waals surface area contributed by atoms with Crippen LogP contribution in [-0.4, -0.2) is 66.4 Å². The highest BCUT2D eigenvalue weighted by Gasteiger charge is 1.94. The molecule has 0 fully saturated rings. The Kier molecular flexibility index (Phi) is 16.7. The van der Waals surface area contributed by atoms with Crippen LogP contribution in [0.2, 0.25) is 0 Å². The lowest BCUT2D eigenvalue weighted by Crippen LogP contribution is -2.21. The number of ether oxygens (including phenoxy) is 4. The fraction of sp³-hybridized carbons (Fsp3) is 1.00. The molecule has 1 N–H and O–H groups in total. The van der Waals surface area contributed by atoms with Crippen LogP contribution in [0.1, 0.15) is 26.7 Å². The van der Waals surface area contributed by atoms with Crippen molar-refractivity contribution in [2.45, 2.75) is 26.7 Å². The summed E-state index contributed by atoms with van der Waals surface area (Å²) in [6.07, 6.45) is 2.27. The Morgan fingerprint density at radius 2 is 1.30 bits per heavy atom. The summed E-state index contributed by atoms with van der Waals surface area (Å²) < 4.78 is 21.0. The van der Waals surface area contributed by atoms with Crippen molar-refractivity contribution in [1.29, 1.82) is 0 Å². The summed E-state index contributed by atoms with van der Waals surface area (Å²) in [6, 6.07) is 0. The molecule has 0 aliphatic carbocycles. The Morgan fingerprint density at radius 3 is 1.85 bits per heavy atom. The van der Waals surface area contributed by atoms with Crippen molar-refractivity contribution in [1.82, 2.24) is 5.32 Å². The summed E-state index contributed by atoms with van der Waals surface area (Å²) in [5.74, 6) is 0.724. The standard InChI is InChI=1S/C15H33NO4/c1-15(2)14-16-6-4-5-7-18-10-11-20-13-12-19-9-8-17-3/h15-16H,4-14H2,1-3H3. The molecule has 0 saturated heterocycles. The van der Waals surface area contributed by atoms with Crippen LogP contribution in [0.5, 0.6) is 0 Å². The Morgan fingerprint density at radius 1 is 0.750 bits per heavy atom. The van der Waals surface area contributed by atoms with E-state index in [0.717, 1.165) is 32.0 Å². The Bertz CT molecular complexity index is 179. The molecule has 0 atom stereocenters. The first kappa shape index (κ1) is 19.8. The lowest BCUT2D eigenvalue weighted by Gasteiger charge is -2.08. The number of nitrogens with one attached hydrogen (secondary N) is 1. The van der Waals surface area contributed by atoms with Crippen molar-refractivity contribution in [3.8, 4) is 0 Å². The number of methoxy groups -OCH3 is 1. The monoisotopic (exact) mass is 291 g/mol. The molecule has 0 unspecified atom stereocenters. The minimum Gasteiger partial charge on any atom is -0.382 e. The number of unbranched alkanes of at least 4 members (excludes halogenated alkanes) is 1. The van der Waals surface area contributed by atoms with Crippen molar-refractivity contribution in [3.05, 3.63) is 0 Å². The van der Waals surface area contributed by atoms with Gasteiger partial charge in [0.2, 0.25) is 0 Å². The zero-order valence-corrected chi connectivity index (χ0v) is 13.5. The first-order valence-corrected chi connectivity index (χ1v) is 7.70. The molecule has 0 saturated carbocycles. The van der Waals surface area contributed by atoms with E-state index in [1.54, 1.807) is 7.11 Å². The number of hydrogen-bond donors (Lipinski definition) is 1. The van der Waals surface area contributed by atoms with E-state index in [2.05, 4.69) is 19.2 Å². The largest absolute Gasteiger partial charge is 0.382 e. The van der Waals surface area contributed by atoms with Crippen LogP contribution >= 0.6 is 0 Å². The summed E-state index contributed by atoms with van der Waals surface area (Å²) >= 11 is 0. The van der Waals surface area contributed by atoms with Gasteiger partial charge in [0, 0.05) is 13.7 Å². The summed E-state index contributed by atoms with van der Waals surface area (Å²) in [5, 5.41) is 3.42. The Balaban J connectivity index is 2.92.